The maximum absolute atomic E-state index is 5.88. The van der Waals surface area contributed by atoms with Crippen LogP contribution in [0.4, 0.5) is 0 Å². The zero-order valence-electron chi connectivity index (χ0n) is 17.2. The first-order valence-corrected chi connectivity index (χ1v) is 10.9. The van der Waals surface area contributed by atoms with E-state index in [4.69, 9.17) is 16.2 Å². The molecule has 0 bridgehead atoms. The molecule has 1 aromatic heterocycles. The van der Waals surface area contributed by atoms with Crippen molar-refractivity contribution in [3.8, 4) is 16.3 Å². The SMILES string of the molecule is C/C(=N\N=C(N)N)c1sc(-c2ccc(OCCCCCN3CCC3)cc2)nc1C. The zero-order chi connectivity index (χ0) is 20.6. The number of hydrogen-bond donors (Lipinski definition) is 2. The molecule has 156 valence electrons. The van der Waals surface area contributed by atoms with Gasteiger partial charge in [0, 0.05) is 5.56 Å². The molecule has 8 heteroatoms. The van der Waals surface area contributed by atoms with Crippen LogP contribution >= 0.6 is 11.3 Å². The molecule has 0 atom stereocenters. The number of rotatable bonds is 10. The number of nitrogens with two attached hydrogens (primary N) is 2. The Kier molecular flexibility index (Phi) is 7.60. The molecule has 1 aromatic carbocycles. The van der Waals surface area contributed by atoms with E-state index in [9.17, 15) is 0 Å². The predicted octanol–water partition coefficient (Wildman–Crippen LogP) is 3.37. The van der Waals surface area contributed by atoms with Gasteiger partial charge in [-0.15, -0.1) is 16.4 Å². The van der Waals surface area contributed by atoms with Gasteiger partial charge in [0.1, 0.15) is 10.8 Å². The number of likely N-dealkylation sites (tertiary alicyclic amines) is 1. The molecule has 0 saturated carbocycles. The summed E-state index contributed by atoms with van der Waals surface area (Å²) < 4.78 is 5.88. The van der Waals surface area contributed by atoms with Crippen molar-refractivity contribution in [2.75, 3.05) is 26.2 Å². The van der Waals surface area contributed by atoms with Gasteiger partial charge >= 0.3 is 0 Å². The first-order valence-electron chi connectivity index (χ1n) is 10.1. The summed E-state index contributed by atoms with van der Waals surface area (Å²) in [5, 5.41) is 8.71. The third-order valence-corrected chi connectivity index (χ3v) is 6.19. The van der Waals surface area contributed by atoms with Crippen LogP contribution in [0.1, 0.15) is 43.2 Å². The van der Waals surface area contributed by atoms with Crippen molar-refractivity contribution in [3.05, 3.63) is 34.8 Å². The number of aromatic nitrogens is 1. The van der Waals surface area contributed by atoms with Crippen molar-refractivity contribution in [2.45, 2.75) is 39.5 Å². The smallest absolute Gasteiger partial charge is 0.211 e. The second-order valence-corrected chi connectivity index (χ2v) is 8.27. The van der Waals surface area contributed by atoms with Gasteiger partial charge in [-0.05, 0) is 83.4 Å². The molecule has 0 spiro atoms. The molecule has 1 aliphatic rings. The van der Waals surface area contributed by atoms with Gasteiger partial charge < -0.3 is 21.1 Å². The minimum atomic E-state index is -0.0570. The number of benzene rings is 1. The minimum Gasteiger partial charge on any atom is -0.494 e. The summed E-state index contributed by atoms with van der Waals surface area (Å²) in [6, 6.07) is 8.10. The van der Waals surface area contributed by atoms with Crippen molar-refractivity contribution in [1.82, 2.24) is 9.88 Å². The Morgan fingerprint density at radius 1 is 1.14 bits per heavy atom. The monoisotopic (exact) mass is 414 g/mol. The Morgan fingerprint density at radius 2 is 1.90 bits per heavy atom. The van der Waals surface area contributed by atoms with Crippen molar-refractivity contribution in [1.29, 1.82) is 0 Å². The lowest BCUT2D eigenvalue weighted by Crippen LogP contribution is -2.37. The fraction of sp³-hybridized carbons (Fsp3) is 0.476. The summed E-state index contributed by atoms with van der Waals surface area (Å²) in [7, 11) is 0. The Morgan fingerprint density at radius 3 is 2.55 bits per heavy atom. The second-order valence-electron chi connectivity index (χ2n) is 7.27. The van der Waals surface area contributed by atoms with Gasteiger partial charge in [-0.25, -0.2) is 4.98 Å². The number of aryl methyl sites for hydroxylation is 1. The molecule has 1 fully saturated rings. The third kappa shape index (κ3) is 6.27. The lowest BCUT2D eigenvalue weighted by Gasteiger charge is -2.30. The maximum atomic E-state index is 5.88. The van der Waals surface area contributed by atoms with Crippen LogP contribution in [-0.2, 0) is 0 Å². The number of hydrogen-bond acceptors (Lipinski definition) is 6. The van der Waals surface area contributed by atoms with E-state index in [2.05, 4.69) is 20.1 Å². The van der Waals surface area contributed by atoms with Crippen molar-refractivity contribution in [2.24, 2.45) is 21.7 Å². The molecule has 1 saturated heterocycles. The summed E-state index contributed by atoms with van der Waals surface area (Å²) in [5.41, 5.74) is 13.4. The first kappa shape index (κ1) is 21.3. The summed E-state index contributed by atoms with van der Waals surface area (Å²) in [4.78, 5) is 8.15. The van der Waals surface area contributed by atoms with E-state index >= 15 is 0 Å². The molecule has 2 aromatic rings. The van der Waals surface area contributed by atoms with E-state index in [-0.39, 0.29) is 5.96 Å². The van der Waals surface area contributed by atoms with Gasteiger partial charge in [-0.3, -0.25) is 0 Å². The van der Waals surface area contributed by atoms with Gasteiger partial charge in [0.25, 0.3) is 0 Å². The predicted molar refractivity (Wildman–Crippen MR) is 121 cm³/mol. The van der Waals surface area contributed by atoms with Crippen LogP contribution in [0.25, 0.3) is 10.6 Å². The maximum Gasteiger partial charge on any atom is 0.211 e. The van der Waals surface area contributed by atoms with Gasteiger partial charge in [0.15, 0.2) is 0 Å². The highest BCUT2D eigenvalue weighted by atomic mass is 32.1. The van der Waals surface area contributed by atoms with Crippen molar-refractivity contribution < 1.29 is 4.74 Å². The molecule has 0 aliphatic carbocycles. The molecule has 0 radical (unpaired) electrons. The number of nitrogens with zero attached hydrogens (tertiary/aromatic N) is 4. The Bertz CT molecular complexity index is 851. The number of ether oxygens (including phenoxy) is 1. The average Bonchev–Trinajstić information content (AvgIpc) is 3.06. The van der Waals surface area contributed by atoms with Gasteiger partial charge in [-0.1, -0.05) is 0 Å². The van der Waals surface area contributed by atoms with E-state index < -0.39 is 0 Å². The van der Waals surface area contributed by atoms with E-state index in [0.29, 0.717) is 0 Å². The van der Waals surface area contributed by atoms with Crippen LogP contribution < -0.4 is 16.2 Å². The van der Waals surface area contributed by atoms with E-state index in [1.165, 1.54) is 38.9 Å². The van der Waals surface area contributed by atoms with Crippen LogP contribution in [0.3, 0.4) is 0 Å². The summed E-state index contributed by atoms with van der Waals surface area (Å²) in [5.74, 6) is 0.842. The van der Waals surface area contributed by atoms with E-state index in [1.54, 1.807) is 11.3 Å². The van der Waals surface area contributed by atoms with Crippen molar-refractivity contribution in [3.63, 3.8) is 0 Å². The number of unbranched alkanes of at least 4 members (excludes halogenated alkanes) is 2. The molecule has 2 heterocycles. The largest absolute Gasteiger partial charge is 0.494 e. The third-order valence-electron chi connectivity index (χ3n) is 4.88. The highest BCUT2D eigenvalue weighted by molar-refractivity contribution is 7.17. The number of guanidine groups is 1. The van der Waals surface area contributed by atoms with E-state index in [0.717, 1.165) is 45.6 Å². The van der Waals surface area contributed by atoms with Gasteiger partial charge in [-0.2, -0.15) is 5.10 Å². The molecule has 0 unspecified atom stereocenters. The molecular weight excluding hydrogens is 384 g/mol. The average molecular weight is 415 g/mol. The normalized spacial score (nSPS) is 14.5. The standard InChI is InChI=1S/C21H30N6OS/c1-15-19(16(2)25-26-21(22)23)29-20(24-15)17-7-9-18(10-8-17)28-14-5-3-4-11-27-12-6-13-27/h7-10H,3-6,11-14H2,1-2H3,(H4,22,23,26)/b25-16+. The van der Waals surface area contributed by atoms with Gasteiger partial charge in [0.05, 0.1) is 22.9 Å². The molecule has 1 aliphatic heterocycles. The Labute approximate surface area is 176 Å². The summed E-state index contributed by atoms with van der Waals surface area (Å²) >= 11 is 1.58. The second kappa shape index (κ2) is 10.4. The highest BCUT2D eigenvalue weighted by Gasteiger charge is 2.13. The molecular formula is C21H30N6OS. The highest BCUT2D eigenvalue weighted by Crippen LogP contribution is 2.29. The molecule has 29 heavy (non-hydrogen) atoms. The zero-order valence-corrected chi connectivity index (χ0v) is 18.0. The Hall–Kier alpha value is -2.45. The van der Waals surface area contributed by atoms with Crippen molar-refractivity contribution >= 4 is 23.0 Å². The summed E-state index contributed by atoms with van der Waals surface area (Å²) in [6.07, 6.45) is 4.95. The lowest BCUT2D eigenvalue weighted by atomic mass is 10.2. The van der Waals surface area contributed by atoms with Gasteiger partial charge in [0.2, 0.25) is 5.96 Å². The molecule has 3 rings (SSSR count). The lowest BCUT2D eigenvalue weighted by molar-refractivity contribution is 0.176. The van der Waals surface area contributed by atoms with Crippen LogP contribution in [0.5, 0.6) is 5.75 Å². The topological polar surface area (TPSA) is 102 Å². The van der Waals surface area contributed by atoms with Crippen LogP contribution in [0, 0.1) is 6.92 Å². The fourth-order valence-corrected chi connectivity index (χ4v) is 4.15. The fourth-order valence-electron chi connectivity index (χ4n) is 3.14. The first-order chi connectivity index (χ1) is 14.0. The minimum absolute atomic E-state index is 0.0570. The van der Waals surface area contributed by atoms with Crippen LogP contribution in [0.15, 0.2) is 34.5 Å². The van der Waals surface area contributed by atoms with E-state index in [1.807, 2.05) is 38.1 Å². The number of thiazole rings is 1. The van der Waals surface area contributed by atoms with Crippen LogP contribution in [0.2, 0.25) is 0 Å². The molecule has 0 amide bonds. The molecule has 7 nitrogen and oxygen atoms in total. The Balaban J connectivity index is 1.50. The molecule has 4 N–H and O–H groups in total. The summed E-state index contributed by atoms with van der Waals surface area (Å²) in [6.45, 7) is 8.40. The quantitative estimate of drug-likeness (QED) is 0.269. The van der Waals surface area contributed by atoms with Crippen LogP contribution in [-0.4, -0.2) is 47.8 Å².